The van der Waals surface area contributed by atoms with Gasteiger partial charge >= 0.3 is 0 Å². The molecule has 35 heavy (non-hydrogen) atoms. The number of ether oxygens (including phenoxy) is 2. The van der Waals surface area contributed by atoms with Gasteiger partial charge in [-0.3, -0.25) is 9.59 Å². The summed E-state index contributed by atoms with van der Waals surface area (Å²) in [6.07, 6.45) is 1.57. The number of phenolic OH excluding ortho intramolecular Hbond substituents is 1. The zero-order chi connectivity index (χ0) is 24.4. The summed E-state index contributed by atoms with van der Waals surface area (Å²) in [5.74, 6) is 0.741. The first-order valence-corrected chi connectivity index (χ1v) is 11.8. The highest BCUT2D eigenvalue weighted by atomic mass is 16.5. The molecule has 3 aromatic carbocycles. The third-order valence-electron chi connectivity index (χ3n) is 7.02. The van der Waals surface area contributed by atoms with Crippen LogP contribution < -0.4 is 15.2 Å². The number of phenols is 1. The minimum Gasteiger partial charge on any atom is -0.507 e. The molecule has 7 heteroatoms. The fourth-order valence-electron chi connectivity index (χ4n) is 4.91. The number of benzene rings is 3. The van der Waals surface area contributed by atoms with Crippen LogP contribution in [-0.2, 0) is 12.0 Å². The minimum atomic E-state index is -0.394. The number of piperidine rings is 1. The molecule has 2 heterocycles. The van der Waals surface area contributed by atoms with Crippen molar-refractivity contribution >= 4 is 11.7 Å². The first kappa shape index (κ1) is 22.9. The Bertz CT molecular complexity index is 1250. The van der Waals surface area contributed by atoms with Crippen LogP contribution in [0.3, 0.4) is 0 Å². The molecular formula is C28H28N2O5. The van der Waals surface area contributed by atoms with Crippen LogP contribution in [0.1, 0.15) is 44.7 Å². The normalized spacial score (nSPS) is 16.0. The van der Waals surface area contributed by atoms with Gasteiger partial charge in [-0.15, -0.1) is 0 Å². The van der Waals surface area contributed by atoms with Crippen LogP contribution in [0.5, 0.6) is 17.2 Å². The van der Waals surface area contributed by atoms with Crippen molar-refractivity contribution in [1.29, 1.82) is 0 Å². The molecule has 0 atom stereocenters. The summed E-state index contributed by atoms with van der Waals surface area (Å²) in [7, 11) is 0. The molecule has 2 aliphatic rings. The maximum Gasteiger partial charge on any atom is 0.253 e. The van der Waals surface area contributed by atoms with Crippen molar-refractivity contribution in [1.82, 2.24) is 4.90 Å². The van der Waals surface area contributed by atoms with E-state index < -0.39 is 5.78 Å². The first-order valence-electron chi connectivity index (χ1n) is 11.8. The Morgan fingerprint density at radius 2 is 1.80 bits per heavy atom. The van der Waals surface area contributed by atoms with Gasteiger partial charge in [0.25, 0.3) is 5.91 Å². The van der Waals surface area contributed by atoms with E-state index >= 15 is 0 Å². The average Bonchev–Trinajstić information content (AvgIpc) is 3.25. The minimum absolute atomic E-state index is 0.0766. The zero-order valence-corrected chi connectivity index (χ0v) is 19.4. The van der Waals surface area contributed by atoms with E-state index in [4.69, 9.17) is 15.2 Å². The Balaban J connectivity index is 1.27. The maximum atomic E-state index is 13.3. The molecule has 0 bridgehead atoms. The monoisotopic (exact) mass is 472 g/mol. The summed E-state index contributed by atoms with van der Waals surface area (Å²) in [4.78, 5) is 27.8. The molecule has 1 fully saturated rings. The lowest BCUT2D eigenvalue weighted by atomic mass is 9.74. The second-order valence-electron chi connectivity index (χ2n) is 9.15. The van der Waals surface area contributed by atoms with Gasteiger partial charge in [0.2, 0.25) is 5.78 Å². The molecule has 3 aromatic rings. The summed E-state index contributed by atoms with van der Waals surface area (Å²) in [5, 5.41) is 10.2. The highest BCUT2D eigenvalue weighted by Crippen LogP contribution is 2.46. The SMILES string of the molecule is NCc1ccc2c(c1)C1(CCN(C(=O)c3ccc(O)c(C(=O)COc4ccccc4)c3)CC1)CO2. The highest BCUT2D eigenvalue weighted by Gasteiger charge is 2.44. The second kappa shape index (κ2) is 9.43. The third-order valence-corrected chi connectivity index (χ3v) is 7.02. The number of nitrogens with two attached hydrogens (primary N) is 1. The van der Waals surface area contributed by atoms with E-state index in [1.165, 1.54) is 17.7 Å². The molecule has 2 aliphatic heterocycles. The number of rotatable bonds is 6. The van der Waals surface area contributed by atoms with E-state index in [-0.39, 0.29) is 29.2 Å². The predicted octanol–water partition coefficient (Wildman–Crippen LogP) is 3.68. The number of amides is 1. The van der Waals surface area contributed by atoms with Gasteiger partial charge in [-0.25, -0.2) is 0 Å². The molecule has 0 saturated carbocycles. The smallest absolute Gasteiger partial charge is 0.253 e. The highest BCUT2D eigenvalue weighted by molar-refractivity contribution is 6.03. The summed E-state index contributed by atoms with van der Waals surface area (Å²) in [6.45, 7) is 2.01. The number of fused-ring (bicyclic) bond motifs is 2. The number of aromatic hydroxyl groups is 1. The molecule has 5 rings (SSSR count). The fraction of sp³-hybridized carbons (Fsp3) is 0.286. The third kappa shape index (κ3) is 4.47. The molecular weight excluding hydrogens is 444 g/mol. The van der Waals surface area contributed by atoms with Crippen molar-refractivity contribution in [3.63, 3.8) is 0 Å². The molecule has 0 radical (unpaired) electrons. The predicted molar refractivity (Wildman–Crippen MR) is 131 cm³/mol. The maximum absolute atomic E-state index is 13.3. The van der Waals surface area contributed by atoms with Gasteiger partial charge in [0.1, 0.15) is 17.2 Å². The Kier molecular flexibility index (Phi) is 6.17. The number of carbonyl (C=O) groups excluding carboxylic acids is 2. The van der Waals surface area contributed by atoms with Crippen LogP contribution in [0.25, 0.3) is 0 Å². The molecule has 1 spiro atoms. The summed E-state index contributed by atoms with van der Waals surface area (Å²) >= 11 is 0. The number of likely N-dealkylation sites (tertiary alicyclic amines) is 1. The quantitative estimate of drug-likeness (QED) is 0.531. The Morgan fingerprint density at radius 3 is 2.54 bits per heavy atom. The van der Waals surface area contributed by atoms with Gasteiger partial charge < -0.3 is 25.2 Å². The molecule has 7 nitrogen and oxygen atoms in total. The molecule has 1 amide bonds. The van der Waals surface area contributed by atoms with Gasteiger partial charge in [-0.1, -0.05) is 30.3 Å². The van der Waals surface area contributed by atoms with E-state index in [1.54, 1.807) is 23.1 Å². The first-order chi connectivity index (χ1) is 17.0. The largest absolute Gasteiger partial charge is 0.507 e. The van der Waals surface area contributed by atoms with Crippen LogP contribution in [0.15, 0.2) is 66.7 Å². The van der Waals surface area contributed by atoms with Gasteiger partial charge in [-0.05, 0) is 54.8 Å². The van der Waals surface area contributed by atoms with E-state index in [0.29, 0.717) is 37.6 Å². The average molecular weight is 473 g/mol. The number of nitrogens with zero attached hydrogens (tertiary/aromatic N) is 1. The number of ketones is 1. The lowest BCUT2D eigenvalue weighted by Crippen LogP contribution is -2.46. The fourth-order valence-corrected chi connectivity index (χ4v) is 4.91. The standard InChI is InChI=1S/C28H28N2O5/c29-16-19-6-9-26-23(14-19)28(18-35-26)10-12-30(13-11-28)27(33)20-7-8-24(31)22(15-20)25(32)17-34-21-4-2-1-3-5-21/h1-9,14-15,31H,10-13,16-18,29H2. The number of para-hydroxylation sites is 1. The summed E-state index contributed by atoms with van der Waals surface area (Å²) < 4.78 is 11.5. The van der Waals surface area contributed by atoms with Gasteiger partial charge in [0, 0.05) is 36.2 Å². The van der Waals surface area contributed by atoms with E-state index in [9.17, 15) is 14.7 Å². The second-order valence-corrected chi connectivity index (χ2v) is 9.15. The van der Waals surface area contributed by atoms with E-state index in [0.717, 1.165) is 24.2 Å². The van der Waals surface area contributed by atoms with Crippen LogP contribution in [0.2, 0.25) is 0 Å². The van der Waals surface area contributed by atoms with Gasteiger partial charge in [-0.2, -0.15) is 0 Å². The van der Waals surface area contributed by atoms with Crippen LogP contribution in [-0.4, -0.2) is 48.0 Å². The van der Waals surface area contributed by atoms with Crippen molar-refractivity contribution < 1.29 is 24.2 Å². The van der Waals surface area contributed by atoms with Gasteiger partial charge in [0.05, 0.1) is 12.2 Å². The number of carbonyl (C=O) groups is 2. The van der Waals surface area contributed by atoms with Crippen LogP contribution in [0.4, 0.5) is 0 Å². The van der Waals surface area contributed by atoms with Crippen molar-refractivity contribution in [2.45, 2.75) is 24.8 Å². The van der Waals surface area contributed by atoms with Crippen molar-refractivity contribution in [3.8, 4) is 17.2 Å². The summed E-state index contributed by atoms with van der Waals surface area (Å²) in [6, 6.07) is 19.5. The van der Waals surface area contributed by atoms with Crippen molar-refractivity contribution in [2.24, 2.45) is 5.73 Å². The molecule has 0 unspecified atom stereocenters. The Morgan fingerprint density at radius 1 is 1.03 bits per heavy atom. The molecule has 0 aliphatic carbocycles. The topological polar surface area (TPSA) is 102 Å². The number of Topliss-reactive ketones (excluding diaryl/α,β-unsaturated/α-hetero) is 1. The van der Waals surface area contributed by atoms with E-state index in [2.05, 4.69) is 6.07 Å². The Hall–Kier alpha value is -3.84. The number of hydrogen-bond acceptors (Lipinski definition) is 6. The molecule has 0 aromatic heterocycles. The van der Waals surface area contributed by atoms with Crippen LogP contribution in [0, 0.1) is 0 Å². The van der Waals surface area contributed by atoms with Crippen molar-refractivity contribution in [3.05, 3.63) is 89.0 Å². The summed E-state index contributed by atoms with van der Waals surface area (Å²) in [5.41, 5.74) is 8.43. The molecule has 180 valence electrons. The molecule has 3 N–H and O–H groups in total. The van der Waals surface area contributed by atoms with E-state index in [1.807, 2.05) is 30.3 Å². The molecule has 1 saturated heterocycles. The van der Waals surface area contributed by atoms with Crippen LogP contribution >= 0.6 is 0 Å². The van der Waals surface area contributed by atoms with Gasteiger partial charge in [0.15, 0.2) is 6.61 Å². The lowest BCUT2D eigenvalue weighted by Gasteiger charge is -2.38. The lowest BCUT2D eigenvalue weighted by molar-refractivity contribution is 0.0646. The van der Waals surface area contributed by atoms with Crippen molar-refractivity contribution in [2.75, 3.05) is 26.3 Å². The number of hydrogen-bond donors (Lipinski definition) is 2. The Labute approximate surface area is 204 Å². The zero-order valence-electron chi connectivity index (χ0n) is 19.4.